The number of hydrogen-bond donors (Lipinski definition) is 2. The molecule has 0 saturated carbocycles. The van der Waals surface area contributed by atoms with Crippen molar-refractivity contribution in [2.24, 2.45) is 0 Å². The minimum atomic E-state index is 0.142. The maximum atomic E-state index is 11.9. The SMILES string of the molecule is CSCCCCCCNC(=O)CC(C)c1ccc(N)cc1. The van der Waals surface area contributed by atoms with Crippen molar-refractivity contribution in [1.82, 2.24) is 5.32 Å². The number of nitrogens with one attached hydrogen (secondary N) is 1. The number of carbonyl (C=O) groups is 1. The number of nitrogen functional groups attached to an aromatic ring is 1. The standard InChI is InChI=1S/C17H28N2OS/c1-14(15-7-9-16(18)10-8-15)13-17(20)19-11-5-3-4-6-12-21-2/h7-10,14H,3-6,11-13,18H2,1-2H3,(H,19,20). The van der Waals surface area contributed by atoms with Crippen molar-refractivity contribution < 1.29 is 4.79 Å². The van der Waals surface area contributed by atoms with Gasteiger partial charge >= 0.3 is 0 Å². The number of anilines is 1. The zero-order chi connectivity index (χ0) is 15.5. The second-order valence-electron chi connectivity index (χ2n) is 5.53. The molecule has 0 aliphatic rings. The van der Waals surface area contributed by atoms with Crippen molar-refractivity contribution in [3.05, 3.63) is 29.8 Å². The Kier molecular flexibility index (Phi) is 8.99. The smallest absolute Gasteiger partial charge is 0.220 e. The van der Waals surface area contributed by atoms with Gasteiger partial charge in [0.1, 0.15) is 0 Å². The number of amides is 1. The first kappa shape index (κ1) is 17.9. The molecule has 1 aromatic carbocycles. The second-order valence-corrected chi connectivity index (χ2v) is 6.51. The lowest BCUT2D eigenvalue weighted by Gasteiger charge is -2.12. The van der Waals surface area contributed by atoms with Crippen LogP contribution in [0.25, 0.3) is 0 Å². The van der Waals surface area contributed by atoms with Crippen LogP contribution in [0, 0.1) is 0 Å². The number of unbranched alkanes of at least 4 members (excludes halogenated alkanes) is 3. The van der Waals surface area contributed by atoms with Gasteiger partial charge in [0, 0.05) is 18.7 Å². The van der Waals surface area contributed by atoms with Crippen molar-refractivity contribution in [2.75, 3.05) is 24.3 Å². The monoisotopic (exact) mass is 308 g/mol. The Morgan fingerprint density at radius 3 is 2.52 bits per heavy atom. The van der Waals surface area contributed by atoms with Crippen LogP contribution in [0.5, 0.6) is 0 Å². The lowest BCUT2D eigenvalue weighted by Crippen LogP contribution is -2.25. The molecule has 0 aliphatic heterocycles. The van der Waals surface area contributed by atoms with Gasteiger partial charge in [0.05, 0.1) is 0 Å². The van der Waals surface area contributed by atoms with Crippen LogP contribution in [0.15, 0.2) is 24.3 Å². The zero-order valence-corrected chi connectivity index (χ0v) is 14.0. The van der Waals surface area contributed by atoms with E-state index in [1.165, 1.54) is 25.0 Å². The molecule has 0 bridgehead atoms. The Bertz CT molecular complexity index is 406. The Morgan fingerprint density at radius 2 is 1.86 bits per heavy atom. The van der Waals surface area contributed by atoms with Crippen LogP contribution in [0.3, 0.4) is 0 Å². The minimum Gasteiger partial charge on any atom is -0.399 e. The van der Waals surface area contributed by atoms with Crippen molar-refractivity contribution in [1.29, 1.82) is 0 Å². The van der Waals surface area contributed by atoms with Gasteiger partial charge in [0.25, 0.3) is 0 Å². The Labute approximate surface area is 133 Å². The number of carbonyl (C=O) groups excluding carboxylic acids is 1. The second kappa shape index (κ2) is 10.6. The predicted octanol–water partition coefficient (Wildman–Crippen LogP) is 3.80. The van der Waals surface area contributed by atoms with Gasteiger partial charge in [0.2, 0.25) is 5.91 Å². The van der Waals surface area contributed by atoms with Gasteiger partial charge in [-0.15, -0.1) is 0 Å². The molecule has 4 heteroatoms. The van der Waals surface area contributed by atoms with E-state index >= 15 is 0 Å². The average molecular weight is 308 g/mol. The largest absolute Gasteiger partial charge is 0.399 e. The summed E-state index contributed by atoms with van der Waals surface area (Å²) in [5.74, 6) is 1.61. The highest BCUT2D eigenvalue weighted by atomic mass is 32.2. The van der Waals surface area contributed by atoms with Gasteiger partial charge in [-0.25, -0.2) is 0 Å². The molecule has 1 aromatic rings. The predicted molar refractivity (Wildman–Crippen MR) is 93.7 cm³/mol. The van der Waals surface area contributed by atoms with Crippen LogP contribution < -0.4 is 11.1 Å². The fraction of sp³-hybridized carbons (Fsp3) is 0.588. The maximum Gasteiger partial charge on any atom is 0.220 e. The lowest BCUT2D eigenvalue weighted by molar-refractivity contribution is -0.121. The summed E-state index contributed by atoms with van der Waals surface area (Å²) in [6.07, 6.45) is 7.51. The van der Waals surface area contributed by atoms with E-state index in [0.29, 0.717) is 6.42 Å². The van der Waals surface area contributed by atoms with Gasteiger partial charge in [0.15, 0.2) is 0 Å². The molecule has 0 saturated heterocycles. The van der Waals surface area contributed by atoms with E-state index in [0.717, 1.165) is 24.2 Å². The third-order valence-corrected chi connectivity index (χ3v) is 4.29. The summed E-state index contributed by atoms with van der Waals surface area (Å²) < 4.78 is 0. The molecule has 3 N–H and O–H groups in total. The molecule has 0 radical (unpaired) electrons. The van der Waals surface area contributed by atoms with E-state index in [4.69, 9.17) is 5.73 Å². The summed E-state index contributed by atoms with van der Waals surface area (Å²) in [6, 6.07) is 7.77. The molecule has 0 spiro atoms. The van der Waals surface area contributed by atoms with E-state index in [1.807, 2.05) is 36.0 Å². The first-order valence-corrected chi connectivity index (χ1v) is 9.14. The van der Waals surface area contributed by atoms with E-state index in [2.05, 4.69) is 18.5 Å². The highest BCUT2D eigenvalue weighted by molar-refractivity contribution is 7.98. The van der Waals surface area contributed by atoms with Crippen LogP contribution >= 0.6 is 11.8 Å². The fourth-order valence-electron chi connectivity index (χ4n) is 2.25. The molecular formula is C17H28N2OS. The molecule has 3 nitrogen and oxygen atoms in total. The van der Waals surface area contributed by atoms with Crippen molar-refractivity contribution in [2.45, 2.75) is 44.9 Å². The van der Waals surface area contributed by atoms with Gasteiger partial charge in [-0.2, -0.15) is 11.8 Å². The lowest BCUT2D eigenvalue weighted by atomic mass is 9.97. The fourth-order valence-corrected chi connectivity index (χ4v) is 2.74. The summed E-state index contributed by atoms with van der Waals surface area (Å²) >= 11 is 1.90. The third kappa shape index (κ3) is 8.00. The Balaban J connectivity index is 2.14. The summed E-state index contributed by atoms with van der Waals surface area (Å²) in [5, 5.41) is 3.02. The Hall–Kier alpha value is -1.16. The molecule has 1 rings (SSSR count). The van der Waals surface area contributed by atoms with Crippen LogP contribution in [0.1, 0.15) is 50.5 Å². The quantitative estimate of drug-likeness (QED) is 0.510. The number of thioether (sulfide) groups is 1. The van der Waals surface area contributed by atoms with E-state index in [-0.39, 0.29) is 11.8 Å². The summed E-state index contributed by atoms with van der Waals surface area (Å²) in [7, 11) is 0. The summed E-state index contributed by atoms with van der Waals surface area (Å²) in [6.45, 7) is 2.88. The van der Waals surface area contributed by atoms with E-state index in [9.17, 15) is 4.79 Å². The number of benzene rings is 1. The maximum absolute atomic E-state index is 11.9. The first-order valence-electron chi connectivity index (χ1n) is 7.74. The van der Waals surface area contributed by atoms with Gasteiger partial charge in [-0.05, 0) is 48.5 Å². The molecule has 21 heavy (non-hydrogen) atoms. The first-order chi connectivity index (χ1) is 10.1. The molecule has 118 valence electrons. The Morgan fingerprint density at radius 1 is 1.19 bits per heavy atom. The molecule has 0 heterocycles. The highest BCUT2D eigenvalue weighted by Gasteiger charge is 2.10. The van der Waals surface area contributed by atoms with Crippen LogP contribution in [-0.2, 0) is 4.79 Å². The molecule has 1 amide bonds. The van der Waals surface area contributed by atoms with E-state index < -0.39 is 0 Å². The zero-order valence-electron chi connectivity index (χ0n) is 13.2. The molecule has 0 aliphatic carbocycles. The van der Waals surface area contributed by atoms with Crippen molar-refractivity contribution >= 4 is 23.4 Å². The number of rotatable bonds is 10. The molecule has 0 aromatic heterocycles. The van der Waals surface area contributed by atoms with Crippen LogP contribution in [-0.4, -0.2) is 24.5 Å². The average Bonchev–Trinajstić information content (AvgIpc) is 2.47. The van der Waals surface area contributed by atoms with Gasteiger partial charge in [-0.1, -0.05) is 31.9 Å². The molecular weight excluding hydrogens is 280 g/mol. The summed E-state index contributed by atoms with van der Waals surface area (Å²) in [4.78, 5) is 11.9. The minimum absolute atomic E-state index is 0.142. The van der Waals surface area contributed by atoms with Crippen molar-refractivity contribution in [3.63, 3.8) is 0 Å². The molecule has 0 fully saturated rings. The van der Waals surface area contributed by atoms with Crippen molar-refractivity contribution in [3.8, 4) is 0 Å². The number of hydrogen-bond acceptors (Lipinski definition) is 3. The van der Waals surface area contributed by atoms with Gasteiger partial charge in [-0.3, -0.25) is 4.79 Å². The number of nitrogens with two attached hydrogens (primary N) is 1. The van der Waals surface area contributed by atoms with Gasteiger partial charge < -0.3 is 11.1 Å². The topological polar surface area (TPSA) is 55.1 Å². The van der Waals surface area contributed by atoms with E-state index in [1.54, 1.807) is 0 Å². The normalized spacial score (nSPS) is 12.1. The molecule has 1 atom stereocenters. The van der Waals surface area contributed by atoms with Crippen LogP contribution in [0.2, 0.25) is 0 Å². The summed E-state index contributed by atoms with van der Waals surface area (Å²) in [5.41, 5.74) is 7.60. The van der Waals surface area contributed by atoms with Crippen LogP contribution in [0.4, 0.5) is 5.69 Å². The third-order valence-electron chi connectivity index (χ3n) is 3.59. The molecule has 1 unspecified atom stereocenters. The highest BCUT2D eigenvalue weighted by Crippen LogP contribution is 2.19.